The lowest BCUT2D eigenvalue weighted by atomic mass is 9.98. The van der Waals surface area contributed by atoms with Crippen molar-refractivity contribution in [3.8, 4) is 5.75 Å². The van der Waals surface area contributed by atoms with Gasteiger partial charge in [-0.15, -0.1) is 0 Å². The Labute approximate surface area is 120 Å². The fourth-order valence-corrected chi connectivity index (χ4v) is 2.01. The van der Waals surface area contributed by atoms with Crippen molar-refractivity contribution in [3.05, 3.63) is 24.3 Å². The summed E-state index contributed by atoms with van der Waals surface area (Å²) in [4.78, 5) is 11.9. The molecule has 0 fully saturated rings. The number of anilines is 1. The standard InChI is InChI=1S/C15H24N2O3/c1-10(2)9-13(16)14(15(18)20-4)17-11-5-7-12(19-3)8-6-11/h5-8,10,13-14,17H,9,16H2,1-4H3/t13-,14+/m0/s1. The molecule has 1 rings (SSSR count). The molecule has 112 valence electrons. The minimum absolute atomic E-state index is 0.301. The predicted molar refractivity (Wildman–Crippen MR) is 79.9 cm³/mol. The molecule has 5 nitrogen and oxygen atoms in total. The Balaban J connectivity index is 2.80. The van der Waals surface area contributed by atoms with Crippen molar-refractivity contribution < 1.29 is 14.3 Å². The van der Waals surface area contributed by atoms with Gasteiger partial charge in [-0.1, -0.05) is 13.8 Å². The number of benzene rings is 1. The van der Waals surface area contributed by atoms with Crippen LogP contribution >= 0.6 is 0 Å². The Kier molecular flexibility index (Phi) is 6.31. The number of rotatable bonds is 7. The first kappa shape index (κ1) is 16.3. The number of hydrogen-bond donors (Lipinski definition) is 2. The van der Waals surface area contributed by atoms with Gasteiger partial charge in [0, 0.05) is 11.7 Å². The van der Waals surface area contributed by atoms with E-state index in [-0.39, 0.29) is 12.0 Å². The molecule has 0 saturated carbocycles. The lowest BCUT2D eigenvalue weighted by molar-refractivity contribution is -0.142. The summed E-state index contributed by atoms with van der Waals surface area (Å²) in [6.45, 7) is 4.14. The first-order chi connectivity index (χ1) is 9.47. The number of carbonyl (C=O) groups is 1. The summed E-state index contributed by atoms with van der Waals surface area (Å²) < 4.78 is 9.92. The van der Waals surface area contributed by atoms with Crippen LogP contribution < -0.4 is 15.8 Å². The molecular weight excluding hydrogens is 256 g/mol. The third-order valence-corrected chi connectivity index (χ3v) is 3.04. The predicted octanol–water partition coefficient (Wildman–Crippen LogP) is 2.02. The summed E-state index contributed by atoms with van der Waals surface area (Å²) in [5.74, 6) is 0.820. The molecule has 0 saturated heterocycles. The van der Waals surface area contributed by atoms with Crippen molar-refractivity contribution in [1.29, 1.82) is 0 Å². The van der Waals surface area contributed by atoms with Crippen LogP contribution in [0.3, 0.4) is 0 Å². The molecule has 0 amide bonds. The average Bonchev–Trinajstić information content (AvgIpc) is 2.43. The molecule has 20 heavy (non-hydrogen) atoms. The number of carbonyl (C=O) groups excluding carboxylic acids is 1. The van der Waals surface area contributed by atoms with Crippen LogP contribution in [0, 0.1) is 5.92 Å². The van der Waals surface area contributed by atoms with E-state index < -0.39 is 6.04 Å². The van der Waals surface area contributed by atoms with Crippen molar-refractivity contribution in [2.24, 2.45) is 11.7 Å². The van der Waals surface area contributed by atoms with Crippen molar-refractivity contribution >= 4 is 11.7 Å². The van der Waals surface area contributed by atoms with Crippen LogP contribution in [0.2, 0.25) is 0 Å². The molecule has 0 spiro atoms. The molecule has 5 heteroatoms. The van der Waals surface area contributed by atoms with Crippen LogP contribution in [-0.4, -0.2) is 32.3 Å². The maximum absolute atomic E-state index is 11.9. The first-order valence-electron chi connectivity index (χ1n) is 6.72. The minimum Gasteiger partial charge on any atom is -0.497 e. The number of nitrogens with two attached hydrogens (primary N) is 1. The highest BCUT2D eigenvalue weighted by atomic mass is 16.5. The molecule has 3 N–H and O–H groups in total. The summed E-state index contributed by atoms with van der Waals surface area (Å²) in [5, 5.41) is 3.13. The average molecular weight is 280 g/mol. The molecular formula is C15H24N2O3. The highest BCUT2D eigenvalue weighted by Gasteiger charge is 2.26. The third kappa shape index (κ3) is 4.74. The second kappa shape index (κ2) is 7.75. The molecule has 1 aromatic carbocycles. The monoisotopic (exact) mass is 280 g/mol. The Morgan fingerprint density at radius 1 is 1.25 bits per heavy atom. The van der Waals surface area contributed by atoms with Crippen LogP contribution in [0.15, 0.2) is 24.3 Å². The van der Waals surface area contributed by atoms with Gasteiger partial charge in [0.25, 0.3) is 0 Å². The van der Waals surface area contributed by atoms with Crippen LogP contribution in [0.4, 0.5) is 5.69 Å². The van der Waals surface area contributed by atoms with E-state index in [0.717, 1.165) is 17.9 Å². The fourth-order valence-electron chi connectivity index (χ4n) is 2.01. The van der Waals surface area contributed by atoms with E-state index in [1.807, 2.05) is 24.3 Å². The highest BCUT2D eigenvalue weighted by molar-refractivity contribution is 5.80. The van der Waals surface area contributed by atoms with Crippen molar-refractivity contribution in [1.82, 2.24) is 0 Å². The van der Waals surface area contributed by atoms with Gasteiger partial charge < -0.3 is 20.5 Å². The second-order valence-electron chi connectivity index (χ2n) is 5.17. The van der Waals surface area contributed by atoms with E-state index in [1.165, 1.54) is 7.11 Å². The van der Waals surface area contributed by atoms with Gasteiger partial charge in [-0.3, -0.25) is 0 Å². The smallest absolute Gasteiger partial charge is 0.329 e. The van der Waals surface area contributed by atoms with E-state index in [1.54, 1.807) is 7.11 Å². The molecule has 0 radical (unpaired) electrons. The van der Waals surface area contributed by atoms with E-state index in [4.69, 9.17) is 15.2 Å². The molecule has 2 atom stereocenters. The molecule has 0 aromatic heterocycles. The van der Waals surface area contributed by atoms with Crippen LogP contribution in [-0.2, 0) is 9.53 Å². The summed E-state index contributed by atoms with van der Waals surface area (Å²) in [7, 11) is 2.98. The van der Waals surface area contributed by atoms with Gasteiger partial charge in [0.1, 0.15) is 11.8 Å². The molecule has 0 unspecified atom stereocenters. The Hall–Kier alpha value is -1.75. The van der Waals surface area contributed by atoms with Crippen molar-refractivity contribution in [3.63, 3.8) is 0 Å². The number of methoxy groups -OCH3 is 2. The van der Waals surface area contributed by atoms with Gasteiger partial charge in [-0.2, -0.15) is 0 Å². The van der Waals surface area contributed by atoms with Gasteiger partial charge in [0.15, 0.2) is 0 Å². The minimum atomic E-state index is -0.559. The van der Waals surface area contributed by atoms with E-state index in [0.29, 0.717) is 5.92 Å². The summed E-state index contributed by atoms with van der Waals surface area (Å²) in [6.07, 6.45) is 0.739. The molecule has 0 aliphatic heterocycles. The van der Waals surface area contributed by atoms with Gasteiger partial charge in [-0.05, 0) is 36.6 Å². The molecule has 0 heterocycles. The zero-order valence-electron chi connectivity index (χ0n) is 12.6. The van der Waals surface area contributed by atoms with Crippen LogP contribution in [0.25, 0.3) is 0 Å². The van der Waals surface area contributed by atoms with Crippen molar-refractivity contribution in [2.75, 3.05) is 19.5 Å². The molecule has 0 bridgehead atoms. The number of ether oxygens (including phenoxy) is 2. The first-order valence-corrected chi connectivity index (χ1v) is 6.72. The maximum Gasteiger partial charge on any atom is 0.329 e. The Bertz CT molecular complexity index is 418. The molecule has 1 aromatic rings. The van der Waals surface area contributed by atoms with E-state index >= 15 is 0 Å². The second-order valence-corrected chi connectivity index (χ2v) is 5.17. The highest BCUT2D eigenvalue weighted by Crippen LogP contribution is 2.18. The topological polar surface area (TPSA) is 73.6 Å². The number of nitrogens with one attached hydrogen (secondary N) is 1. The number of esters is 1. The maximum atomic E-state index is 11.9. The van der Waals surface area contributed by atoms with Gasteiger partial charge in [-0.25, -0.2) is 4.79 Å². The van der Waals surface area contributed by atoms with Gasteiger partial charge in [0.2, 0.25) is 0 Å². The van der Waals surface area contributed by atoms with Gasteiger partial charge >= 0.3 is 5.97 Å². The van der Waals surface area contributed by atoms with Gasteiger partial charge in [0.05, 0.1) is 14.2 Å². The quantitative estimate of drug-likeness (QED) is 0.748. The summed E-state index contributed by atoms with van der Waals surface area (Å²) in [5.41, 5.74) is 6.92. The third-order valence-electron chi connectivity index (χ3n) is 3.04. The largest absolute Gasteiger partial charge is 0.497 e. The fraction of sp³-hybridized carbons (Fsp3) is 0.533. The molecule has 0 aliphatic rings. The normalized spacial score (nSPS) is 13.7. The molecule has 0 aliphatic carbocycles. The SMILES string of the molecule is COC(=O)[C@H](Nc1ccc(OC)cc1)[C@@H](N)CC(C)C. The number of hydrogen-bond acceptors (Lipinski definition) is 5. The van der Waals surface area contributed by atoms with Crippen LogP contribution in [0.1, 0.15) is 20.3 Å². The lowest BCUT2D eigenvalue weighted by Gasteiger charge is -2.25. The zero-order valence-corrected chi connectivity index (χ0v) is 12.6. The Morgan fingerprint density at radius 3 is 2.30 bits per heavy atom. The zero-order chi connectivity index (χ0) is 15.1. The van der Waals surface area contributed by atoms with E-state index in [9.17, 15) is 4.79 Å². The summed E-state index contributed by atoms with van der Waals surface area (Å²) in [6, 6.07) is 6.48. The van der Waals surface area contributed by atoms with E-state index in [2.05, 4.69) is 19.2 Å². The van der Waals surface area contributed by atoms with Crippen molar-refractivity contribution in [2.45, 2.75) is 32.4 Å². The van der Waals surface area contributed by atoms with Crippen LogP contribution in [0.5, 0.6) is 5.75 Å². The Morgan fingerprint density at radius 2 is 1.85 bits per heavy atom. The summed E-state index contributed by atoms with van der Waals surface area (Å²) >= 11 is 0. The lowest BCUT2D eigenvalue weighted by Crippen LogP contribution is -2.47.